The molecular weight excluding hydrogens is 286 g/mol. The third-order valence-electron chi connectivity index (χ3n) is 4.74. The molecule has 118 valence electrons. The molecule has 0 saturated heterocycles. The van der Waals surface area contributed by atoms with E-state index in [2.05, 4.69) is 39.0 Å². The number of anilines is 1. The van der Waals surface area contributed by atoms with Gasteiger partial charge >= 0.3 is 0 Å². The van der Waals surface area contributed by atoms with Gasteiger partial charge in [0.05, 0.1) is 29.2 Å². The van der Waals surface area contributed by atoms with Crippen molar-refractivity contribution in [3.63, 3.8) is 0 Å². The van der Waals surface area contributed by atoms with Crippen LogP contribution in [-0.2, 0) is 6.54 Å². The Hall–Kier alpha value is -2.43. The number of rotatable bonds is 2. The van der Waals surface area contributed by atoms with Gasteiger partial charge in [0, 0.05) is 6.20 Å². The zero-order chi connectivity index (χ0) is 15.5. The predicted octanol–water partition coefficient (Wildman–Crippen LogP) is 3.42. The van der Waals surface area contributed by atoms with Crippen LogP contribution in [0.5, 0.6) is 0 Å². The molecule has 5 nitrogen and oxygen atoms in total. The molecule has 2 N–H and O–H groups in total. The van der Waals surface area contributed by atoms with E-state index in [-0.39, 0.29) is 5.54 Å². The van der Waals surface area contributed by atoms with Crippen LogP contribution in [0.4, 0.5) is 11.4 Å². The van der Waals surface area contributed by atoms with Gasteiger partial charge in [-0.05, 0) is 37.1 Å². The summed E-state index contributed by atoms with van der Waals surface area (Å²) < 4.78 is 0. The van der Waals surface area contributed by atoms with Crippen LogP contribution in [0, 0.1) is 0 Å². The van der Waals surface area contributed by atoms with Crippen LogP contribution in [0.15, 0.2) is 47.6 Å². The van der Waals surface area contributed by atoms with Gasteiger partial charge in [0.15, 0.2) is 0 Å². The smallest absolute Gasteiger partial charge is 0.128 e. The molecule has 0 bridgehead atoms. The van der Waals surface area contributed by atoms with E-state index in [1.165, 1.54) is 19.3 Å². The van der Waals surface area contributed by atoms with Gasteiger partial charge in [0.25, 0.3) is 0 Å². The highest BCUT2D eigenvalue weighted by Crippen LogP contribution is 2.40. The van der Waals surface area contributed by atoms with Gasteiger partial charge in [-0.15, -0.1) is 0 Å². The summed E-state index contributed by atoms with van der Waals surface area (Å²) in [4.78, 5) is 4.93. The largest absolute Gasteiger partial charge is 0.371 e. The molecular formula is C18H21N5. The first-order valence-electron chi connectivity index (χ1n) is 8.33. The minimum Gasteiger partial charge on any atom is -0.371 e. The normalized spacial score (nSPS) is 18.7. The fourth-order valence-corrected chi connectivity index (χ4v) is 3.55. The van der Waals surface area contributed by atoms with E-state index in [4.69, 9.17) is 4.99 Å². The van der Waals surface area contributed by atoms with Crippen LogP contribution in [-0.4, -0.2) is 21.6 Å². The standard InChI is InChI=1S/C18H21N5/c1-4-10-18(11-5-1)17(19-13-14-7-6-12-20-23-14)21-15-8-2-3-9-16(15)22-18/h2-3,6-9,12,22H,1,4-5,10-11,13H2,(H,19,21). The number of aliphatic imine (C=N–C) groups is 1. The first-order chi connectivity index (χ1) is 11.4. The average molecular weight is 307 g/mol. The number of benzene rings is 1. The monoisotopic (exact) mass is 307 g/mol. The highest BCUT2D eigenvalue weighted by atomic mass is 15.2. The Morgan fingerprint density at radius 1 is 1.04 bits per heavy atom. The van der Waals surface area contributed by atoms with Crippen molar-refractivity contribution >= 4 is 17.2 Å². The van der Waals surface area contributed by atoms with Crippen molar-refractivity contribution in [1.82, 2.24) is 15.5 Å². The van der Waals surface area contributed by atoms with Crippen molar-refractivity contribution in [2.24, 2.45) is 4.99 Å². The van der Waals surface area contributed by atoms with Crippen LogP contribution in [0.2, 0.25) is 0 Å². The van der Waals surface area contributed by atoms with Crippen molar-refractivity contribution in [3.05, 3.63) is 48.3 Å². The van der Waals surface area contributed by atoms with Gasteiger partial charge in [0.2, 0.25) is 0 Å². The van der Waals surface area contributed by atoms with Crippen LogP contribution < -0.4 is 10.6 Å². The summed E-state index contributed by atoms with van der Waals surface area (Å²) >= 11 is 0. The number of hydrogen-bond donors (Lipinski definition) is 2. The third-order valence-corrected chi connectivity index (χ3v) is 4.74. The van der Waals surface area contributed by atoms with E-state index in [9.17, 15) is 0 Å². The summed E-state index contributed by atoms with van der Waals surface area (Å²) in [7, 11) is 0. The topological polar surface area (TPSA) is 62.2 Å². The van der Waals surface area contributed by atoms with E-state index in [1.807, 2.05) is 18.2 Å². The number of nitrogens with zero attached hydrogens (tertiary/aromatic N) is 3. The van der Waals surface area contributed by atoms with Gasteiger partial charge in [-0.25, -0.2) is 4.99 Å². The maximum atomic E-state index is 4.93. The highest BCUT2D eigenvalue weighted by molar-refractivity contribution is 6.00. The molecule has 2 heterocycles. The first kappa shape index (κ1) is 14.2. The lowest BCUT2D eigenvalue weighted by molar-refractivity contribution is 0.396. The molecule has 1 aromatic heterocycles. The van der Waals surface area contributed by atoms with Gasteiger partial charge in [-0.3, -0.25) is 0 Å². The Balaban J connectivity index is 1.63. The van der Waals surface area contributed by atoms with Crippen LogP contribution in [0.25, 0.3) is 0 Å². The molecule has 0 radical (unpaired) electrons. The van der Waals surface area contributed by atoms with Crippen LogP contribution in [0.3, 0.4) is 0 Å². The Bertz CT molecular complexity index is 704. The zero-order valence-electron chi connectivity index (χ0n) is 13.1. The number of fused-ring (bicyclic) bond motifs is 1. The second-order valence-corrected chi connectivity index (χ2v) is 6.31. The molecule has 2 aliphatic rings. The Labute approximate surface area is 136 Å². The number of hydrogen-bond acceptors (Lipinski definition) is 5. The van der Waals surface area contributed by atoms with E-state index >= 15 is 0 Å². The van der Waals surface area contributed by atoms with E-state index in [0.717, 1.165) is 35.7 Å². The SMILES string of the molecule is c1cnnc(CNC2=Nc3ccccc3NC23CCCCC3)c1. The van der Waals surface area contributed by atoms with Crippen molar-refractivity contribution in [1.29, 1.82) is 0 Å². The van der Waals surface area contributed by atoms with Crippen molar-refractivity contribution in [3.8, 4) is 0 Å². The van der Waals surface area contributed by atoms with E-state index in [1.54, 1.807) is 6.20 Å². The number of amidine groups is 1. The summed E-state index contributed by atoms with van der Waals surface area (Å²) in [6.07, 6.45) is 7.72. The predicted molar refractivity (Wildman–Crippen MR) is 91.8 cm³/mol. The lowest BCUT2D eigenvalue weighted by atomic mass is 9.79. The fourth-order valence-electron chi connectivity index (χ4n) is 3.55. The Morgan fingerprint density at radius 2 is 1.91 bits per heavy atom. The number of aromatic nitrogens is 2. The molecule has 0 unspecified atom stereocenters. The van der Waals surface area contributed by atoms with Gasteiger partial charge in [-0.2, -0.15) is 10.2 Å². The molecule has 1 aromatic carbocycles. The van der Waals surface area contributed by atoms with Crippen LogP contribution >= 0.6 is 0 Å². The Morgan fingerprint density at radius 3 is 2.74 bits per heavy atom. The van der Waals surface area contributed by atoms with E-state index < -0.39 is 0 Å². The average Bonchev–Trinajstić information content (AvgIpc) is 2.61. The summed E-state index contributed by atoms with van der Waals surface area (Å²) in [6.45, 7) is 0.651. The molecule has 1 aliphatic carbocycles. The minimum absolute atomic E-state index is 0.0607. The second kappa shape index (κ2) is 5.99. The summed E-state index contributed by atoms with van der Waals surface area (Å²) in [5, 5.41) is 15.4. The molecule has 1 saturated carbocycles. The van der Waals surface area contributed by atoms with E-state index in [0.29, 0.717) is 6.54 Å². The molecule has 0 atom stereocenters. The first-order valence-corrected chi connectivity index (χ1v) is 8.33. The number of nitrogens with one attached hydrogen (secondary N) is 2. The summed E-state index contributed by atoms with van der Waals surface area (Å²) in [6, 6.07) is 12.2. The fraction of sp³-hybridized carbons (Fsp3) is 0.389. The van der Waals surface area contributed by atoms with Crippen molar-refractivity contribution in [2.75, 3.05) is 5.32 Å². The number of para-hydroxylation sites is 2. The molecule has 4 rings (SSSR count). The maximum Gasteiger partial charge on any atom is 0.128 e. The lowest BCUT2D eigenvalue weighted by Crippen LogP contribution is -2.54. The molecule has 2 aromatic rings. The zero-order valence-corrected chi connectivity index (χ0v) is 13.1. The van der Waals surface area contributed by atoms with Crippen molar-refractivity contribution in [2.45, 2.75) is 44.2 Å². The molecule has 5 heteroatoms. The second-order valence-electron chi connectivity index (χ2n) is 6.31. The van der Waals surface area contributed by atoms with Crippen LogP contribution in [0.1, 0.15) is 37.8 Å². The molecule has 1 spiro atoms. The van der Waals surface area contributed by atoms with Gasteiger partial charge in [-0.1, -0.05) is 31.4 Å². The summed E-state index contributed by atoms with van der Waals surface area (Å²) in [5.41, 5.74) is 3.01. The quantitative estimate of drug-likeness (QED) is 0.892. The third kappa shape index (κ3) is 2.79. The molecule has 23 heavy (non-hydrogen) atoms. The minimum atomic E-state index is -0.0607. The molecule has 1 fully saturated rings. The van der Waals surface area contributed by atoms with Gasteiger partial charge < -0.3 is 10.6 Å². The van der Waals surface area contributed by atoms with Crippen molar-refractivity contribution < 1.29 is 0 Å². The van der Waals surface area contributed by atoms with Gasteiger partial charge in [0.1, 0.15) is 5.84 Å². The maximum absolute atomic E-state index is 4.93. The molecule has 0 amide bonds. The Kier molecular flexibility index (Phi) is 3.69. The summed E-state index contributed by atoms with van der Waals surface area (Å²) in [5.74, 6) is 1.04. The molecule has 1 aliphatic heterocycles. The lowest BCUT2D eigenvalue weighted by Gasteiger charge is -2.42. The highest BCUT2D eigenvalue weighted by Gasteiger charge is 2.40.